The number of benzene rings is 1. The average molecular weight is 364 g/mol. The molecule has 0 bridgehead atoms. The van der Waals surface area contributed by atoms with Crippen LogP contribution in [0.15, 0.2) is 16.9 Å². The summed E-state index contributed by atoms with van der Waals surface area (Å²) in [5.41, 5.74) is 2.92. The first-order valence-corrected chi connectivity index (χ1v) is 7.09. The summed E-state index contributed by atoms with van der Waals surface area (Å²) in [6.07, 6.45) is 0. The van der Waals surface area contributed by atoms with E-state index in [4.69, 9.17) is 19.9 Å². The second-order valence-corrected chi connectivity index (χ2v) is 5.02. The van der Waals surface area contributed by atoms with Crippen LogP contribution in [0.5, 0.6) is 17.2 Å². The highest BCUT2D eigenvalue weighted by molar-refractivity contribution is 6.07. The van der Waals surface area contributed by atoms with E-state index in [1.807, 2.05) is 4.98 Å². The van der Waals surface area contributed by atoms with Gasteiger partial charge in [0.1, 0.15) is 16.9 Å². The Morgan fingerprint density at radius 2 is 1.46 bits per heavy atom. The smallest absolute Gasteiger partial charge is 0.342 e. The number of pyridine rings is 1. The molecule has 0 saturated heterocycles. The lowest BCUT2D eigenvalue weighted by atomic mass is 9.95. The number of rotatable bonds is 6. The molecule has 0 saturated carbocycles. The van der Waals surface area contributed by atoms with E-state index in [1.54, 1.807) is 0 Å². The summed E-state index contributed by atoms with van der Waals surface area (Å²) in [6.45, 7) is 0. The van der Waals surface area contributed by atoms with Crippen molar-refractivity contribution < 1.29 is 34.0 Å². The summed E-state index contributed by atoms with van der Waals surface area (Å²) in [7, 11) is 4.05. The topological polar surface area (TPSA) is 161 Å². The van der Waals surface area contributed by atoms with Crippen molar-refractivity contribution in [2.24, 2.45) is 0 Å². The third kappa shape index (κ3) is 2.99. The van der Waals surface area contributed by atoms with E-state index >= 15 is 0 Å². The fourth-order valence-electron chi connectivity index (χ4n) is 2.56. The molecule has 0 aliphatic heterocycles. The van der Waals surface area contributed by atoms with Crippen LogP contribution >= 0.6 is 0 Å². The Morgan fingerprint density at radius 1 is 0.962 bits per heavy atom. The molecule has 1 heterocycles. The lowest BCUT2D eigenvalue weighted by Crippen LogP contribution is -2.24. The Bertz CT molecular complexity index is 923. The van der Waals surface area contributed by atoms with Gasteiger partial charge in [-0.25, -0.2) is 9.59 Å². The van der Waals surface area contributed by atoms with Crippen LogP contribution in [0, 0.1) is 0 Å². The highest BCUT2D eigenvalue weighted by Crippen LogP contribution is 2.42. The predicted octanol–water partition coefficient (Wildman–Crippen LogP) is 1.05. The van der Waals surface area contributed by atoms with Gasteiger partial charge in [-0.05, 0) is 17.7 Å². The zero-order valence-corrected chi connectivity index (χ0v) is 14.1. The second kappa shape index (κ2) is 7.05. The Labute approximate surface area is 146 Å². The SMILES string of the molecule is COc1cc(-c2c(C(=O)O)c(N)[nH]c(=O)c2C(=O)O)cc(OC)c1OC. The Morgan fingerprint density at radius 3 is 1.85 bits per heavy atom. The fourth-order valence-corrected chi connectivity index (χ4v) is 2.56. The van der Waals surface area contributed by atoms with Crippen LogP contribution in [0.4, 0.5) is 5.82 Å². The largest absolute Gasteiger partial charge is 0.493 e. The third-order valence-electron chi connectivity index (χ3n) is 3.63. The number of aromatic carboxylic acids is 2. The first kappa shape index (κ1) is 18.6. The average Bonchev–Trinajstić information content (AvgIpc) is 2.58. The van der Waals surface area contributed by atoms with Gasteiger partial charge in [0.15, 0.2) is 11.5 Å². The van der Waals surface area contributed by atoms with Crippen LogP contribution in [-0.4, -0.2) is 48.5 Å². The van der Waals surface area contributed by atoms with Gasteiger partial charge in [0.05, 0.1) is 21.3 Å². The van der Waals surface area contributed by atoms with Gasteiger partial charge in [-0.2, -0.15) is 0 Å². The maximum atomic E-state index is 12.1. The second-order valence-electron chi connectivity index (χ2n) is 5.02. The van der Waals surface area contributed by atoms with Gasteiger partial charge in [0.25, 0.3) is 5.56 Å². The first-order chi connectivity index (χ1) is 12.3. The Hall–Kier alpha value is -3.69. The van der Waals surface area contributed by atoms with Gasteiger partial charge in [-0.1, -0.05) is 0 Å². The molecule has 138 valence electrons. The van der Waals surface area contributed by atoms with E-state index in [0.717, 1.165) is 0 Å². The van der Waals surface area contributed by atoms with E-state index < -0.39 is 34.4 Å². The summed E-state index contributed by atoms with van der Waals surface area (Å²) < 4.78 is 15.5. The summed E-state index contributed by atoms with van der Waals surface area (Å²) >= 11 is 0. The molecule has 1 aromatic carbocycles. The zero-order valence-electron chi connectivity index (χ0n) is 14.1. The molecule has 0 fully saturated rings. The molecule has 0 unspecified atom stereocenters. The molecule has 10 heteroatoms. The highest BCUT2D eigenvalue weighted by Gasteiger charge is 2.28. The number of anilines is 1. The third-order valence-corrected chi connectivity index (χ3v) is 3.63. The van der Waals surface area contributed by atoms with Gasteiger partial charge in [-0.3, -0.25) is 4.79 Å². The summed E-state index contributed by atoms with van der Waals surface area (Å²) in [4.78, 5) is 37.4. The van der Waals surface area contributed by atoms with Crippen molar-refractivity contribution in [1.29, 1.82) is 0 Å². The maximum Gasteiger partial charge on any atom is 0.342 e. The molecule has 26 heavy (non-hydrogen) atoms. The van der Waals surface area contributed by atoms with Crippen LogP contribution < -0.4 is 25.5 Å². The fraction of sp³-hybridized carbons (Fsp3) is 0.188. The standard InChI is InChI=1S/C16H16N2O8/c1-24-7-4-6(5-8(25-2)12(7)26-3)9-10(15(20)21)13(17)18-14(19)11(9)16(22)23/h4-5H,1-3H3,(H,20,21)(H,22,23)(H3,17,18,19). The maximum absolute atomic E-state index is 12.1. The number of carboxylic acid groups (broad SMARTS) is 2. The highest BCUT2D eigenvalue weighted by atomic mass is 16.5. The molecular formula is C16H16N2O8. The van der Waals surface area contributed by atoms with Gasteiger partial charge < -0.3 is 35.1 Å². The number of ether oxygens (including phenoxy) is 3. The Balaban J connectivity index is 3.02. The van der Waals surface area contributed by atoms with E-state index in [9.17, 15) is 24.6 Å². The molecule has 0 atom stereocenters. The minimum absolute atomic E-state index is 0.0482. The van der Waals surface area contributed by atoms with E-state index in [-0.39, 0.29) is 28.4 Å². The number of H-pyrrole nitrogens is 1. The van der Waals surface area contributed by atoms with E-state index in [2.05, 4.69) is 0 Å². The van der Waals surface area contributed by atoms with Crippen LogP contribution in [-0.2, 0) is 0 Å². The van der Waals surface area contributed by atoms with Crippen molar-refractivity contribution >= 4 is 17.8 Å². The van der Waals surface area contributed by atoms with Crippen molar-refractivity contribution in [3.8, 4) is 28.4 Å². The molecule has 0 amide bonds. The first-order valence-electron chi connectivity index (χ1n) is 7.09. The quantitative estimate of drug-likeness (QED) is 0.587. The van der Waals surface area contributed by atoms with Gasteiger partial charge in [0, 0.05) is 5.56 Å². The van der Waals surface area contributed by atoms with E-state index in [0.29, 0.717) is 0 Å². The van der Waals surface area contributed by atoms with Gasteiger partial charge in [0.2, 0.25) is 5.75 Å². The normalized spacial score (nSPS) is 10.3. The number of carbonyl (C=O) groups is 2. The number of carboxylic acids is 2. The molecule has 5 N–H and O–H groups in total. The van der Waals surface area contributed by atoms with Gasteiger partial charge >= 0.3 is 11.9 Å². The number of aromatic amines is 1. The molecule has 0 aliphatic carbocycles. The lowest BCUT2D eigenvalue weighted by molar-refractivity contribution is 0.0695. The monoisotopic (exact) mass is 364 g/mol. The molecule has 0 spiro atoms. The lowest BCUT2D eigenvalue weighted by Gasteiger charge is -2.17. The number of aromatic nitrogens is 1. The number of nitrogens with two attached hydrogens (primary N) is 1. The number of hydrogen-bond donors (Lipinski definition) is 4. The van der Waals surface area contributed by atoms with Crippen molar-refractivity contribution in [3.05, 3.63) is 33.6 Å². The van der Waals surface area contributed by atoms with E-state index in [1.165, 1.54) is 33.5 Å². The Kier molecular flexibility index (Phi) is 5.06. The number of methoxy groups -OCH3 is 3. The minimum atomic E-state index is -1.61. The minimum Gasteiger partial charge on any atom is -0.493 e. The summed E-state index contributed by atoms with van der Waals surface area (Å²) in [5.74, 6) is -3.09. The van der Waals surface area contributed by atoms with Gasteiger partial charge in [-0.15, -0.1) is 0 Å². The van der Waals surface area contributed by atoms with Crippen LogP contribution in [0.3, 0.4) is 0 Å². The van der Waals surface area contributed by atoms with Crippen molar-refractivity contribution in [3.63, 3.8) is 0 Å². The van der Waals surface area contributed by atoms with Crippen LogP contribution in [0.2, 0.25) is 0 Å². The molecular weight excluding hydrogens is 348 g/mol. The number of nitrogen functional groups attached to an aromatic ring is 1. The number of nitrogens with one attached hydrogen (secondary N) is 1. The molecule has 0 aliphatic rings. The molecule has 0 radical (unpaired) electrons. The predicted molar refractivity (Wildman–Crippen MR) is 90.5 cm³/mol. The van der Waals surface area contributed by atoms with Crippen molar-refractivity contribution in [1.82, 2.24) is 4.98 Å². The summed E-state index contributed by atoms with van der Waals surface area (Å²) in [5, 5.41) is 18.9. The van der Waals surface area contributed by atoms with Crippen LogP contribution in [0.25, 0.3) is 11.1 Å². The summed E-state index contributed by atoms with van der Waals surface area (Å²) in [6, 6.07) is 2.66. The molecule has 10 nitrogen and oxygen atoms in total. The van der Waals surface area contributed by atoms with Crippen LogP contribution in [0.1, 0.15) is 20.7 Å². The van der Waals surface area contributed by atoms with Crippen molar-refractivity contribution in [2.75, 3.05) is 27.1 Å². The molecule has 2 rings (SSSR count). The van der Waals surface area contributed by atoms with Crippen molar-refractivity contribution in [2.45, 2.75) is 0 Å². The zero-order chi connectivity index (χ0) is 19.6. The number of hydrogen-bond acceptors (Lipinski definition) is 7. The molecule has 1 aromatic heterocycles. The molecule has 2 aromatic rings.